The monoisotopic (exact) mass is 331 g/mol. The maximum Gasteiger partial charge on any atom is 0.306 e. The number of nitrogens with one attached hydrogen (secondary N) is 1. The molecule has 5 heteroatoms. The van der Waals surface area contributed by atoms with E-state index in [9.17, 15) is 14.4 Å². The Labute approximate surface area is 142 Å². The van der Waals surface area contributed by atoms with Crippen LogP contribution in [0.3, 0.4) is 0 Å². The first-order valence-corrected chi connectivity index (χ1v) is 8.54. The number of hydrogen-bond donors (Lipinski definition) is 1. The van der Waals surface area contributed by atoms with Gasteiger partial charge in [0.15, 0.2) is 12.4 Å². The Morgan fingerprint density at radius 1 is 1.17 bits per heavy atom. The number of amides is 1. The molecular formula is C19H25NO4. The summed E-state index contributed by atoms with van der Waals surface area (Å²) in [6, 6.07) is 8.88. The maximum atomic E-state index is 11.9. The summed E-state index contributed by atoms with van der Waals surface area (Å²) >= 11 is 0. The van der Waals surface area contributed by atoms with Crippen LogP contribution in [0.25, 0.3) is 0 Å². The summed E-state index contributed by atoms with van der Waals surface area (Å²) in [6.45, 7) is 1.12. The van der Waals surface area contributed by atoms with Crippen molar-refractivity contribution >= 4 is 17.7 Å². The lowest BCUT2D eigenvalue weighted by molar-refractivity contribution is -0.149. The lowest BCUT2D eigenvalue weighted by atomic mass is 10.0. The predicted molar refractivity (Wildman–Crippen MR) is 90.3 cm³/mol. The van der Waals surface area contributed by atoms with Crippen molar-refractivity contribution in [2.75, 3.05) is 6.61 Å². The van der Waals surface area contributed by atoms with Gasteiger partial charge in [-0.15, -0.1) is 0 Å². The number of carbonyl (C=O) groups excluding carboxylic acids is 3. The molecule has 1 amide bonds. The third-order valence-corrected chi connectivity index (χ3v) is 4.40. The van der Waals surface area contributed by atoms with Gasteiger partial charge in [-0.1, -0.05) is 43.2 Å². The number of Topliss-reactive ketones (excluding diaryl/α,β-unsaturated/α-hetero) is 1. The van der Waals surface area contributed by atoms with Crippen LogP contribution in [-0.4, -0.2) is 30.3 Å². The second kappa shape index (κ2) is 9.21. The van der Waals surface area contributed by atoms with Gasteiger partial charge in [0.25, 0.3) is 5.91 Å². The molecule has 2 rings (SSSR count). The van der Waals surface area contributed by atoms with Crippen molar-refractivity contribution in [3.8, 4) is 0 Å². The number of esters is 1. The molecule has 1 fully saturated rings. The van der Waals surface area contributed by atoms with Crippen molar-refractivity contribution in [3.63, 3.8) is 0 Å². The molecule has 1 N–H and O–H groups in total. The van der Waals surface area contributed by atoms with Gasteiger partial charge in [-0.05, 0) is 37.7 Å². The molecule has 1 aromatic carbocycles. The molecule has 0 heterocycles. The molecule has 0 aliphatic heterocycles. The molecule has 0 bridgehead atoms. The van der Waals surface area contributed by atoms with Crippen LogP contribution >= 0.6 is 0 Å². The lowest BCUT2D eigenvalue weighted by Gasteiger charge is -2.16. The number of carbonyl (C=O) groups is 3. The molecule has 1 aliphatic rings. The molecule has 1 saturated carbocycles. The number of ether oxygens (including phenoxy) is 1. The third-order valence-electron chi connectivity index (χ3n) is 4.40. The lowest BCUT2D eigenvalue weighted by Crippen LogP contribution is -2.43. The van der Waals surface area contributed by atoms with Crippen molar-refractivity contribution in [1.82, 2.24) is 5.32 Å². The molecule has 0 unspecified atom stereocenters. The summed E-state index contributed by atoms with van der Waals surface area (Å²) in [5.41, 5.74) is 0.969. The summed E-state index contributed by atoms with van der Waals surface area (Å²) in [6.07, 6.45) is 5.26. The van der Waals surface area contributed by atoms with Crippen LogP contribution in [0.15, 0.2) is 30.3 Å². The van der Waals surface area contributed by atoms with E-state index in [1.165, 1.54) is 6.92 Å². The Kier molecular flexibility index (Phi) is 6.97. The van der Waals surface area contributed by atoms with Crippen LogP contribution in [-0.2, 0) is 25.5 Å². The maximum absolute atomic E-state index is 11.9. The molecule has 1 atom stereocenters. The number of benzene rings is 1. The van der Waals surface area contributed by atoms with Crippen molar-refractivity contribution in [1.29, 1.82) is 0 Å². The van der Waals surface area contributed by atoms with Crippen LogP contribution in [0, 0.1) is 5.92 Å². The molecule has 1 aliphatic carbocycles. The number of hydrogen-bond acceptors (Lipinski definition) is 4. The minimum absolute atomic E-state index is 0.121. The van der Waals surface area contributed by atoms with E-state index < -0.39 is 11.9 Å². The topological polar surface area (TPSA) is 72.5 Å². The zero-order valence-electron chi connectivity index (χ0n) is 14.1. The van der Waals surface area contributed by atoms with E-state index in [1.54, 1.807) is 0 Å². The van der Waals surface area contributed by atoms with Gasteiger partial charge in [0.1, 0.15) is 0 Å². The Balaban J connectivity index is 1.75. The van der Waals surface area contributed by atoms with Crippen molar-refractivity contribution in [3.05, 3.63) is 35.9 Å². The summed E-state index contributed by atoms with van der Waals surface area (Å²) in [7, 11) is 0. The van der Waals surface area contributed by atoms with Gasteiger partial charge in [-0.3, -0.25) is 14.4 Å². The van der Waals surface area contributed by atoms with Crippen molar-refractivity contribution in [2.45, 2.75) is 51.5 Å². The normalized spacial score (nSPS) is 15.7. The molecule has 0 radical (unpaired) electrons. The smallest absolute Gasteiger partial charge is 0.306 e. The fraction of sp³-hybridized carbons (Fsp3) is 0.526. The molecule has 5 nitrogen and oxygen atoms in total. The van der Waals surface area contributed by atoms with E-state index in [0.717, 1.165) is 31.2 Å². The molecule has 0 aromatic heterocycles. The quantitative estimate of drug-likeness (QED) is 0.743. The minimum atomic E-state index is -0.603. The van der Waals surface area contributed by atoms with Crippen LogP contribution in [0.5, 0.6) is 0 Å². The largest absolute Gasteiger partial charge is 0.456 e. The second-order valence-corrected chi connectivity index (χ2v) is 6.44. The Morgan fingerprint density at radius 3 is 2.46 bits per heavy atom. The van der Waals surface area contributed by atoms with Crippen LogP contribution in [0.4, 0.5) is 0 Å². The van der Waals surface area contributed by atoms with E-state index in [0.29, 0.717) is 18.8 Å². The van der Waals surface area contributed by atoms with Gasteiger partial charge in [0, 0.05) is 6.42 Å². The average molecular weight is 331 g/mol. The Morgan fingerprint density at radius 2 is 1.83 bits per heavy atom. The van der Waals surface area contributed by atoms with Gasteiger partial charge >= 0.3 is 5.97 Å². The zero-order valence-corrected chi connectivity index (χ0v) is 14.1. The van der Waals surface area contributed by atoms with Crippen molar-refractivity contribution < 1.29 is 19.1 Å². The highest BCUT2D eigenvalue weighted by atomic mass is 16.5. The second-order valence-electron chi connectivity index (χ2n) is 6.44. The van der Waals surface area contributed by atoms with E-state index >= 15 is 0 Å². The first kappa shape index (κ1) is 18.2. The molecule has 130 valence electrons. The number of ketones is 1. The summed E-state index contributed by atoms with van der Waals surface area (Å²) in [5.74, 6) is -0.501. The Hall–Kier alpha value is -2.17. The molecule has 0 spiro atoms. The predicted octanol–water partition coefficient (Wildman–Crippen LogP) is 2.43. The molecule has 1 aromatic rings. The summed E-state index contributed by atoms with van der Waals surface area (Å²) < 4.78 is 5.03. The number of rotatable bonds is 8. The third kappa shape index (κ3) is 6.14. The fourth-order valence-corrected chi connectivity index (χ4v) is 3.04. The van der Waals surface area contributed by atoms with Crippen molar-refractivity contribution in [2.24, 2.45) is 5.92 Å². The SMILES string of the molecule is CC(=O)[C@@H](Cc1ccccc1)NC(=O)COC(=O)CC1CCCC1. The standard InChI is InChI=1S/C19H25NO4/c1-14(21)17(11-15-7-3-2-4-8-15)20-18(22)13-24-19(23)12-16-9-5-6-10-16/h2-4,7-8,16-17H,5-6,9-13H2,1H3,(H,20,22)/t17-/m1/s1. The van der Waals surface area contributed by atoms with Gasteiger partial charge in [0.2, 0.25) is 0 Å². The Bertz CT molecular complexity index is 564. The molecule has 0 saturated heterocycles. The molecular weight excluding hydrogens is 306 g/mol. The fourth-order valence-electron chi connectivity index (χ4n) is 3.04. The van der Waals surface area contributed by atoms with E-state index in [2.05, 4.69) is 5.32 Å². The van der Waals surface area contributed by atoms with Gasteiger partial charge in [-0.25, -0.2) is 0 Å². The highest BCUT2D eigenvalue weighted by molar-refractivity contribution is 5.88. The highest BCUT2D eigenvalue weighted by Crippen LogP contribution is 2.27. The van der Waals surface area contributed by atoms with E-state index in [4.69, 9.17) is 4.74 Å². The van der Waals surface area contributed by atoms with Gasteiger partial charge in [0.05, 0.1) is 6.04 Å². The minimum Gasteiger partial charge on any atom is -0.456 e. The van der Waals surface area contributed by atoms with Crippen LogP contribution in [0.1, 0.15) is 44.6 Å². The van der Waals surface area contributed by atoms with Crippen LogP contribution in [0.2, 0.25) is 0 Å². The van der Waals surface area contributed by atoms with Gasteiger partial charge < -0.3 is 10.1 Å². The first-order chi connectivity index (χ1) is 11.5. The van der Waals surface area contributed by atoms with E-state index in [1.807, 2.05) is 30.3 Å². The molecule has 24 heavy (non-hydrogen) atoms. The van der Waals surface area contributed by atoms with Crippen LogP contribution < -0.4 is 5.32 Å². The summed E-state index contributed by atoms with van der Waals surface area (Å²) in [4.78, 5) is 35.4. The van der Waals surface area contributed by atoms with E-state index in [-0.39, 0.29) is 18.4 Å². The highest BCUT2D eigenvalue weighted by Gasteiger charge is 2.21. The average Bonchev–Trinajstić information content (AvgIpc) is 3.06. The first-order valence-electron chi connectivity index (χ1n) is 8.54. The summed E-state index contributed by atoms with van der Waals surface area (Å²) in [5, 5.41) is 2.65. The van der Waals surface area contributed by atoms with Gasteiger partial charge in [-0.2, -0.15) is 0 Å². The zero-order chi connectivity index (χ0) is 17.4.